The molecule has 3 aliphatic rings. The third-order valence-electron chi connectivity index (χ3n) is 18.1. The van der Waals surface area contributed by atoms with E-state index in [1.54, 1.807) is 0 Å². The lowest BCUT2D eigenvalue weighted by Crippen LogP contribution is -2.58. The summed E-state index contributed by atoms with van der Waals surface area (Å²) in [4.78, 5) is 109. The first-order chi connectivity index (χ1) is 45.2. The highest BCUT2D eigenvalue weighted by molar-refractivity contribution is 5.78. The Bertz CT molecular complexity index is 2040. The molecule has 0 spiro atoms. The van der Waals surface area contributed by atoms with Crippen LogP contribution in [0.4, 0.5) is 0 Å². The van der Waals surface area contributed by atoms with Crippen LogP contribution in [0.15, 0.2) is 0 Å². The third-order valence-corrected chi connectivity index (χ3v) is 18.1. The average molecular weight is 1360 g/mol. The predicted molar refractivity (Wildman–Crippen MR) is 350 cm³/mol. The molecule has 27 nitrogen and oxygen atoms in total. The van der Waals surface area contributed by atoms with Crippen LogP contribution in [0.1, 0.15) is 192 Å². The fourth-order valence-electron chi connectivity index (χ4n) is 11.7. The average Bonchev–Trinajstić information content (AvgIpc) is 0.849. The predicted octanol–water partition coefficient (Wildman–Crippen LogP) is 5.41. The number of amides is 5. The number of carbonyl (C=O) groups is 9. The summed E-state index contributed by atoms with van der Waals surface area (Å²) in [7, 11) is 0. The van der Waals surface area contributed by atoms with Gasteiger partial charge >= 0.3 is 17.9 Å². The van der Waals surface area contributed by atoms with Crippen LogP contribution in [-0.4, -0.2) is 206 Å². The molecule has 0 aromatic rings. The maximum Gasteiger partial charge on any atom is 0.302 e. The van der Waals surface area contributed by atoms with Crippen LogP contribution < -0.4 is 32.3 Å². The van der Waals surface area contributed by atoms with Gasteiger partial charge in [0.1, 0.15) is 25.6 Å². The van der Waals surface area contributed by atoms with Crippen molar-refractivity contribution in [3.8, 4) is 0 Å². The van der Waals surface area contributed by atoms with Crippen LogP contribution in [0.2, 0.25) is 0 Å². The van der Waals surface area contributed by atoms with Crippen LogP contribution in [0.3, 0.4) is 0 Å². The van der Waals surface area contributed by atoms with Crippen LogP contribution >= 0.6 is 0 Å². The zero-order valence-electron chi connectivity index (χ0n) is 59.2. The highest BCUT2D eigenvalue weighted by atomic mass is 16.7. The van der Waals surface area contributed by atoms with Crippen molar-refractivity contribution >= 4 is 53.2 Å². The number of esters is 3. The minimum absolute atomic E-state index is 0.00391. The van der Waals surface area contributed by atoms with Gasteiger partial charge in [-0.15, -0.1) is 0 Å². The number of nitrogens with one attached hydrogen (secondary N) is 5. The van der Waals surface area contributed by atoms with Crippen LogP contribution in [0.5, 0.6) is 0 Å². The highest BCUT2D eigenvalue weighted by Gasteiger charge is 2.46. The lowest BCUT2D eigenvalue weighted by molar-refractivity contribution is -0.244. The molecule has 7 N–H and O–H groups in total. The lowest BCUT2D eigenvalue weighted by Gasteiger charge is -2.44. The number of ether oxygens (including phenoxy) is 12. The Labute approximate surface area is 564 Å². The molecule has 15 atom stereocenters. The van der Waals surface area contributed by atoms with E-state index in [-0.39, 0.29) is 192 Å². The van der Waals surface area contributed by atoms with E-state index in [4.69, 9.17) is 62.6 Å². The molecule has 27 heteroatoms. The van der Waals surface area contributed by atoms with E-state index in [0.717, 1.165) is 83.5 Å². The number of unbranched alkanes of at least 4 members (excludes halogenated alkanes) is 10. The standard InChI is InChI=1S/C68H120N6O21/c1-44-47(4)62(72-50(7)75)65(93-57(44)38-90-53(10)78)87-32-23-17-13-14-20-26-56(81)27-35-84-41-68(69,42-85-36-28-60(82)70-30-21-15-18-24-33-88-66-63(73-51(8)76)48(5)45(2)58(94-66)39-91-54(11)79)43-86-37-29-61(83)71-31-22-16-19-25-34-89-67-64(74-52(9)77)49(6)46(3)59(95-67)40-92-55(12)80/h44-49,57-59,62-67H,13-43,69H2,1-12H3,(H,70,82)(H,71,83)(H,72,75)(H,73,76)(H,74,77)/t44-,45-,46-,47+,48+,49+,57?,58?,59?,62?,63?,64?,65-,66-,67-,68?/m1/s1. The van der Waals surface area contributed by atoms with Gasteiger partial charge in [0.2, 0.25) is 29.5 Å². The van der Waals surface area contributed by atoms with Crippen molar-refractivity contribution in [1.29, 1.82) is 0 Å². The minimum atomic E-state index is -1.16. The molecule has 5 amide bonds. The number of hydrogen-bond donors (Lipinski definition) is 6. The summed E-state index contributed by atoms with van der Waals surface area (Å²) in [6.45, 7) is 23.3. The Morgan fingerprint density at radius 3 is 0.979 bits per heavy atom. The smallest absolute Gasteiger partial charge is 0.302 e. The van der Waals surface area contributed by atoms with E-state index in [2.05, 4.69) is 26.6 Å². The second kappa shape index (κ2) is 47.1. The highest BCUT2D eigenvalue weighted by Crippen LogP contribution is 2.35. The molecule has 3 heterocycles. The first kappa shape index (κ1) is 84.3. The first-order valence-corrected chi connectivity index (χ1v) is 34.8. The number of hydrogen-bond acceptors (Lipinski definition) is 22. The van der Waals surface area contributed by atoms with E-state index in [9.17, 15) is 43.2 Å². The van der Waals surface area contributed by atoms with Crippen LogP contribution in [-0.2, 0) is 100.0 Å². The van der Waals surface area contributed by atoms with Gasteiger partial charge in [0, 0.05) is 100 Å². The number of rotatable bonds is 49. The van der Waals surface area contributed by atoms with Crippen molar-refractivity contribution < 1.29 is 100.0 Å². The van der Waals surface area contributed by atoms with Gasteiger partial charge in [-0.1, -0.05) is 86.5 Å². The SMILES string of the molecule is CC(=O)NC1[C@H](OCCCCCCCC(=O)CCOCC(N)(COCCC(=O)NCCCCCCO[C@@H]2OC(COC(C)=O)[C@H](C)[C@H](C)C2NC(C)=O)COCCC(=O)NCCCCCCO[C@@H]2OC(COC(C)=O)[C@H](C)[C@H](C)C2NC(C)=O)OC(COC(C)=O)[C@H](C)[C@@H]1C. The summed E-state index contributed by atoms with van der Waals surface area (Å²) in [6.07, 6.45) is 8.11. The van der Waals surface area contributed by atoms with Crippen molar-refractivity contribution in [3.05, 3.63) is 0 Å². The fraction of sp³-hybridized carbons (Fsp3) is 0.868. The number of Topliss-reactive ketones (excluding diaryl/α,β-unsaturated/α-hetero) is 1. The van der Waals surface area contributed by atoms with E-state index in [1.807, 2.05) is 41.5 Å². The zero-order chi connectivity index (χ0) is 70.3. The van der Waals surface area contributed by atoms with Gasteiger partial charge in [0.15, 0.2) is 18.9 Å². The van der Waals surface area contributed by atoms with Crippen molar-refractivity contribution in [3.63, 3.8) is 0 Å². The molecule has 0 bridgehead atoms. The van der Waals surface area contributed by atoms with Gasteiger partial charge < -0.3 is 89.2 Å². The molecule has 0 saturated carbocycles. The van der Waals surface area contributed by atoms with Gasteiger partial charge in [-0.05, 0) is 74.0 Å². The lowest BCUT2D eigenvalue weighted by atomic mass is 9.82. The maximum atomic E-state index is 12.9. The Balaban J connectivity index is 1.39. The quantitative estimate of drug-likeness (QED) is 0.0252. The molecular formula is C68H120N6O21. The molecule has 3 saturated heterocycles. The minimum Gasteiger partial charge on any atom is -0.463 e. The largest absolute Gasteiger partial charge is 0.463 e. The molecule has 6 unspecified atom stereocenters. The van der Waals surface area contributed by atoms with E-state index in [1.165, 1.54) is 41.5 Å². The molecule has 0 aromatic carbocycles. The molecule has 0 radical (unpaired) electrons. The molecule has 3 aliphatic heterocycles. The Morgan fingerprint density at radius 2 is 0.663 bits per heavy atom. The summed E-state index contributed by atoms with van der Waals surface area (Å²) in [6, 6.07) is -1.06. The van der Waals surface area contributed by atoms with E-state index in [0.29, 0.717) is 39.3 Å². The molecule has 3 fully saturated rings. The second-order valence-electron chi connectivity index (χ2n) is 26.3. The monoisotopic (exact) mass is 1360 g/mol. The van der Waals surface area contributed by atoms with Crippen molar-refractivity contribution in [2.24, 2.45) is 41.2 Å². The van der Waals surface area contributed by atoms with Crippen molar-refractivity contribution in [1.82, 2.24) is 26.6 Å². The molecule has 95 heavy (non-hydrogen) atoms. The molecule has 0 aromatic heterocycles. The second-order valence-corrected chi connectivity index (χ2v) is 26.3. The van der Waals surface area contributed by atoms with E-state index >= 15 is 0 Å². The van der Waals surface area contributed by atoms with Crippen molar-refractivity contribution in [2.45, 2.75) is 253 Å². The number of carbonyl (C=O) groups excluding carboxylic acids is 9. The summed E-state index contributed by atoms with van der Waals surface area (Å²) in [5.41, 5.74) is 5.65. The number of nitrogens with two attached hydrogens (primary N) is 1. The van der Waals surface area contributed by atoms with Gasteiger partial charge in [-0.25, -0.2) is 0 Å². The maximum absolute atomic E-state index is 12.9. The topological polar surface area (TPSA) is 351 Å². The molecule has 0 aliphatic carbocycles. The summed E-state index contributed by atoms with van der Waals surface area (Å²) in [5.74, 6) is -1.93. The van der Waals surface area contributed by atoms with E-state index < -0.39 is 36.3 Å². The first-order valence-electron chi connectivity index (χ1n) is 34.8. The van der Waals surface area contributed by atoms with Gasteiger partial charge in [0.25, 0.3) is 0 Å². The third kappa shape index (κ3) is 34.9. The summed E-state index contributed by atoms with van der Waals surface area (Å²) in [5, 5.41) is 14.8. The molecule has 3 rings (SSSR count). The van der Waals surface area contributed by atoms with Crippen LogP contribution in [0, 0.1) is 35.5 Å². The van der Waals surface area contributed by atoms with Crippen molar-refractivity contribution in [2.75, 3.05) is 92.4 Å². The zero-order valence-corrected chi connectivity index (χ0v) is 59.2. The number of ketones is 1. The Hall–Kier alpha value is -4.97. The summed E-state index contributed by atoms with van der Waals surface area (Å²) >= 11 is 0. The van der Waals surface area contributed by atoms with Gasteiger partial charge in [0.05, 0.1) is 81.6 Å². The molecule has 548 valence electrons. The molecular weight excluding hydrogens is 1240 g/mol. The normalized spacial score (nSPS) is 26.5. The Morgan fingerprint density at radius 1 is 0.368 bits per heavy atom. The van der Waals surface area contributed by atoms with Gasteiger partial charge in [-0.3, -0.25) is 43.2 Å². The Kier molecular flexibility index (Phi) is 41.8. The van der Waals surface area contributed by atoms with Crippen LogP contribution in [0.25, 0.3) is 0 Å². The fourth-order valence-corrected chi connectivity index (χ4v) is 11.7. The van der Waals surface area contributed by atoms with Gasteiger partial charge in [-0.2, -0.15) is 0 Å². The summed E-state index contributed by atoms with van der Waals surface area (Å²) < 4.78 is 70.4.